The normalized spacial score (nSPS) is 12.2. The van der Waals surface area contributed by atoms with Crippen LogP contribution in [0.25, 0.3) is 21.8 Å². The van der Waals surface area contributed by atoms with Crippen molar-refractivity contribution in [2.24, 2.45) is 0 Å². The zero-order chi connectivity index (χ0) is 27.4. The van der Waals surface area contributed by atoms with Gasteiger partial charge in [-0.1, -0.05) is 42.1 Å². The fourth-order valence-corrected chi connectivity index (χ4v) is 5.62. The molecule has 0 aliphatic rings. The second-order valence-electron chi connectivity index (χ2n) is 9.12. The SMILES string of the molecule is CCn1c2ccccc2c2cc(NC(=O)CSc3nnc(COc4ccccc4F)n3[C@@H](C)COC)ccc21. The summed E-state index contributed by atoms with van der Waals surface area (Å²) in [5, 5.41) is 14.4. The van der Waals surface area contributed by atoms with Crippen molar-refractivity contribution < 1.29 is 18.7 Å². The number of methoxy groups -OCH3 is 1. The molecule has 0 aliphatic heterocycles. The number of fused-ring (bicyclic) bond motifs is 3. The standard InChI is InChI=1S/C29H30FN5O3S/c1-4-34-24-11-7-5-9-21(24)22-15-20(13-14-25(22)34)31-28(36)18-39-29-33-32-27(35(29)19(2)16-37-3)17-38-26-12-8-6-10-23(26)30/h5-15,19H,4,16-18H2,1-3H3,(H,31,36)/t19-/m0/s1. The Balaban J connectivity index is 1.30. The van der Waals surface area contributed by atoms with Crippen molar-refractivity contribution in [2.75, 3.05) is 24.8 Å². The van der Waals surface area contributed by atoms with E-state index in [1.165, 1.54) is 23.3 Å². The van der Waals surface area contributed by atoms with E-state index in [0.29, 0.717) is 17.6 Å². The Bertz CT molecular complexity index is 1620. The number of carbonyl (C=O) groups is 1. The van der Waals surface area contributed by atoms with E-state index in [-0.39, 0.29) is 30.1 Å². The summed E-state index contributed by atoms with van der Waals surface area (Å²) in [6.07, 6.45) is 0. The number of para-hydroxylation sites is 2. The minimum atomic E-state index is -0.447. The fourth-order valence-electron chi connectivity index (χ4n) is 4.77. The highest BCUT2D eigenvalue weighted by molar-refractivity contribution is 7.99. The molecule has 1 amide bonds. The van der Waals surface area contributed by atoms with E-state index in [0.717, 1.165) is 28.5 Å². The first kappa shape index (κ1) is 26.7. The van der Waals surface area contributed by atoms with Crippen molar-refractivity contribution in [1.82, 2.24) is 19.3 Å². The number of thioether (sulfide) groups is 1. The number of hydrogen-bond donors (Lipinski definition) is 1. The lowest BCUT2D eigenvalue weighted by Gasteiger charge is -2.17. The number of rotatable bonds is 11. The number of aromatic nitrogens is 4. The summed E-state index contributed by atoms with van der Waals surface area (Å²) in [5.74, 6) is 0.192. The van der Waals surface area contributed by atoms with Gasteiger partial charge in [0.25, 0.3) is 0 Å². The van der Waals surface area contributed by atoms with E-state index < -0.39 is 5.82 Å². The minimum Gasteiger partial charge on any atom is -0.483 e. The summed E-state index contributed by atoms with van der Waals surface area (Å²) in [6.45, 7) is 5.39. The molecule has 0 unspecified atom stereocenters. The maximum absolute atomic E-state index is 14.0. The summed E-state index contributed by atoms with van der Waals surface area (Å²) in [7, 11) is 1.62. The molecule has 8 nitrogen and oxygen atoms in total. The molecule has 1 atom stereocenters. The van der Waals surface area contributed by atoms with Crippen molar-refractivity contribution >= 4 is 45.2 Å². The predicted octanol–water partition coefficient (Wildman–Crippen LogP) is 6.06. The molecule has 3 aromatic carbocycles. The summed E-state index contributed by atoms with van der Waals surface area (Å²) in [6, 6.07) is 20.4. The lowest BCUT2D eigenvalue weighted by atomic mass is 10.1. The molecule has 0 saturated carbocycles. The van der Waals surface area contributed by atoms with Crippen LogP contribution >= 0.6 is 11.8 Å². The van der Waals surface area contributed by atoms with Gasteiger partial charge in [-0.05, 0) is 50.2 Å². The molecule has 2 heterocycles. The Labute approximate surface area is 230 Å². The van der Waals surface area contributed by atoms with Crippen LogP contribution in [0.4, 0.5) is 10.1 Å². The van der Waals surface area contributed by atoms with Gasteiger partial charge in [-0.2, -0.15) is 0 Å². The molecule has 0 radical (unpaired) electrons. The summed E-state index contributed by atoms with van der Waals surface area (Å²) >= 11 is 1.28. The van der Waals surface area contributed by atoms with Crippen molar-refractivity contribution in [2.45, 2.75) is 38.2 Å². The number of nitrogens with one attached hydrogen (secondary N) is 1. The van der Waals surface area contributed by atoms with E-state index in [9.17, 15) is 9.18 Å². The number of ether oxygens (including phenoxy) is 2. The molecule has 1 N–H and O–H groups in total. The van der Waals surface area contributed by atoms with Crippen LogP contribution in [0.2, 0.25) is 0 Å². The Morgan fingerprint density at radius 3 is 2.62 bits per heavy atom. The van der Waals surface area contributed by atoms with Gasteiger partial charge in [0, 0.05) is 41.1 Å². The van der Waals surface area contributed by atoms with Crippen LogP contribution < -0.4 is 10.1 Å². The number of anilines is 1. The largest absolute Gasteiger partial charge is 0.483 e. The molecule has 10 heteroatoms. The molecule has 0 bridgehead atoms. The van der Waals surface area contributed by atoms with Crippen LogP contribution in [0.3, 0.4) is 0 Å². The molecule has 5 rings (SSSR count). The molecular formula is C29H30FN5O3S. The van der Waals surface area contributed by atoms with Gasteiger partial charge >= 0.3 is 0 Å². The van der Waals surface area contributed by atoms with Crippen LogP contribution in [0.1, 0.15) is 25.7 Å². The number of hydrogen-bond acceptors (Lipinski definition) is 6. The molecule has 0 spiro atoms. The molecule has 0 saturated heterocycles. The summed E-state index contributed by atoms with van der Waals surface area (Å²) in [5.41, 5.74) is 3.05. The number of benzene rings is 3. The molecular weight excluding hydrogens is 517 g/mol. The lowest BCUT2D eigenvalue weighted by molar-refractivity contribution is -0.113. The second kappa shape index (κ2) is 11.9. The summed E-state index contributed by atoms with van der Waals surface area (Å²) in [4.78, 5) is 12.9. The van der Waals surface area contributed by atoms with E-state index >= 15 is 0 Å². The molecule has 5 aromatic rings. The van der Waals surface area contributed by atoms with Gasteiger partial charge in [-0.15, -0.1) is 10.2 Å². The van der Waals surface area contributed by atoms with Crippen LogP contribution in [-0.2, 0) is 22.7 Å². The minimum absolute atomic E-state index is 0.0279. The fraction of sp³-hybridized carbons (Fsp3) is 0.276. The number of amides is 1. The third kappa shape index (κ3) is 5.62. The van der Waals surface area contributed by atoms with Crippen molar-refractivity contribution in [3.63, 3.8) is 0 Å². The van der Waals surface area contributed by atoms with E-state index in [1.54, 1.807) is 25.3 Å². The molecule has 0 aliphatic carbocycles. The monoisotopic (exact) mass is 547 g/mol. The lowest BCUT2D eigenvalue weighted by Crippen LogP contribution is -2.18. The van der Waals surface area contributed by atoms with Crippen molar-refractivity contribution in [3.8, 4) is 5.75 Å². The molecule has 2 aromatic heterocycles. The maximum atomic E-state index is 14.0. The van der Waals surface area contributed by atoms with Gasteiger partial charge in [0.15, 0.2) is 22.5 Å². The quantitative estimate of drug-likeness (QED) is 0.202. The molecule has 202 valence electrons. The van der Waals surface area contributed by atoms with Gasteiger partial charge in [-0.25, -0.2) is 4.39 Å². The molecule has 39 heavy (non-hydrogen) atoms. The Morgan fingerprint density at radius 2 is 1.82 bits per heavy atom. The number of nitrogens with zero attached hydrogens (tertiary/aromatic N) is 4. The van der Waals surface area contributed by atoms with Gasteiger partial charge in [-0.3, -0.25) is 9.36 Å². The van der Waals surface area contributed by atoms with Crippen molar-refractivity contribution in [3.05, 3.63) is 78.4 Å². The highest BCUT2D eigenvalue weighted by Crippen LogP contribution is 2.31. The smallest absolute Gasteiger partial charge is 0.234 e. The van der Waals surface area contributed by atoms with Crippen LogP contribution in [0, 0.1) is 5.82 Å². The van der Waals surface area contributed by atoms with Crippen LogP contribution in [0.5, 0.6) is 5.75 Å². The third-order valence-corrected chi connectivity index (χ3v) is 7.42. The second-order valence-corrected chi connectivity index (χ2v) is 10.1. The maximum Gasteiger partial charge on any atom is 0.234 e. The molecule has 0 fully saturated rings. The van der Waals surface area contributed by atoms with Crippen molar-refractivity contribution in [1.29, 1.82) is 0 Å². The Hall–Kier alpha value is -3.89. The topological polar surface area (TPSA) is 83.2 Å². The first-order valence-electron chi connectivity index (χ1n) is 12.7. The first-order valence-corrected chi connectivity index (χ1v) is 13.7. The number of carbonyl (C=O) groups excluding carboxylic acids is 1. The van der Waals surface area contributed by atoms with Gasteiger partial charge < -0.3 is 19.4 Å². The number of aryl methyl sites for hydroxylation is 1. The third-order valence-electron chi connectivity index (χ3n) is 6.48. The Morgan fingerprint density at radius 1 is 1.05 bits per heavy atom. The Kier molecular flexibility index (Phi) is 8.13. The van der Waals surface area contributed by atoms with Gasteiger partial charge in [0.1, 0.15) is 6.61 Å². The van der Waals surface area contributed by atoms with Crippen LogP contribution in [-0.4, -0.2) is 44.7 Å². The zero-order valence-corrected chi connectivity index (χ0v) is 22.9. The van der Waals surface area contributed by atoms with E-state index in [4.69, 9.17) is 9.47 Å². The van der Waals surface area contributed by atoms with Gasteiger partial charge in [0.05, 0.1) is 18.4 Å². The van der Waals surface area contributed by atoms with Crippen LogP contribution in [0.15, 0.2) is 71.9 Å². The summed E-state index contributed by atoms with van der Waals surface area (Å²) < 4.78 is 29.1. The van der Waals surface area contributed by atoms with Gasteiger partial charge in [0.2, 0.25) is 5.91 Å². The highest BCUT2D eigenvalue weighted by atomic mass is 32.2. The predicted molar refractivity (Wildman–Crippen MR) is 152 cm³/mol. The number of halogens is 1. The van der Waals surface area contributed by atoms with E-state index in [2.05, 4.69) is 39.1 Å². The van der Waals surface area contributed by atoms with E-state index in [1.807, 2.05) is 41.8 Å². The zero-order valence-electron chi connectivity index (χ0n) is 22.1. The average Bonchev–Trinajstić information content (AvgIpc) is 3.50. The average molecular weight is 548 g/mol. The highest BCUT2D eigenvalue weighted by Gasteiger charge is 2.20. The first-order chi connectivity index (χ1) is 19.0.